The van der Waals surface area contributed by atoms with Crippen molar-refractivity contribution in [1.82, 2.24) is 5.32 Å². The number of carbonyl (C=O) groups excluding carboxylic acids is 1. The second-order valence-electron chi connectivity index (χ2n) is 6.16. The van der Waals surface area contributed by atoms with E-state index in [2.05, 4.69) is 9.50 Å². The summed E-state index contributed by atoms with van der Waals surface area (Å²) >= 11 is 0. The molecule has 1 rings (SSSR count). The number of nitrogens with zero attached hydrogens (tertiary/aromatic N) is 1. The number of alkyl carbamates (subject to hydrolysis) is 1. The zero-order valence-electron chi connectivity index (χ0n) is 14.1. The van der Waals surface area contributed by atoms with Crippen LogP contribution in [0.15, 0.2) is 24.3 Å². The predicted molar refractivity (Wildman–Crippen MR) is 84.5 cm³/mol. The second kappa shape index (κ2) is 7.82. The zero-order chi connectivity index (χ0) is 20.2. The quantitative estimate of drug-likeness (QED) is 0.608. The molecule has 1 aromatic rings. The van der Waals surface area contributed by atoms with E-state index in [0.717, 1.165) is 12.1 Å². The molecule has 7 nitrogen and oxygen atoms in total. The Morgan fingerprint density at radius 1 is 1.23 bits per heavy atom. The summed E-state index contributed by atoms with van der Waals surface area (Å²) in [5.41, 5.74) is -5.81. The predicted octanol–water partition coefficient (Wildman–Crippen LogP) is 2.87. The van der Waals surface area contributed by atoms with Gasteiger partial charge in [-0.25, -0.2) is 4.79 Å². The first kappa shape index (κ1) is 21.6. The van der Waals surface area contributed by atoms with Gasteiger partial charge in [0.2, 0.25) is 0 Å². The number of alkyl halides is 3. The van der Waals surface area contributed by atoms with Crippen LogP contribution < -0.4 is 9.50 Å². The third-order valence-electron chi connectivity index (χ3n) is 2.70. The highest BCUT2D eigenvalue weighted by molar-refractivity contribution is 7.88. The smallest absolute Gasteiger partial charge is 0.444 e. The summed E-state index contributed by atoms with van der Waals surface area (Å²) in [7, 11) is -5.75. The van der Waals surface area contributed by atoms with E-state index in [9.17, 15) is 26.4 Å². The molecule has 0 heterocycles. The van der Waals surface area contributed by atoms with Crippen LogP contribution in [0.3, 0.4) is 0 Å². The van der Waals surface area contributed by atoms with Gasteiger partial charge >= 0.3 is 21.7 Å². The van der Waals surface area contributed by atoms with Crippen LogP contribution in [0.1, 0.15) is 26.3 Å². The van der Waals surface area contributed by atoms with Crippen molar-refractivity contribution in [3.05, 3.63) is 29.8 Å². The van der Waals surface area contributed by atoms with Crippen molar-refractivity contribution in [2.45, 2.75) is 44.3 Å². The largest absolute Gasteiger partial charge is 0.534 e. The van der Waals surface area contributed by atoms with E-state index < -0.39 is 39.1 Å². The number of halogens is 3. The highest BCUT2D eigenvalue weighted by atomic mass is 32.2. The molecule has 11 heteroatoms. The Balaban J connectivity index is 2.74. The number of carbonyl (C=O) groups is 1. The molecule has 0 aliphatic carbocycles. The van der Waals surface area contributed by atoms with Gasteiger partial charge in [-0.2, -0.15) is 26.9 Å². The second-order valence-corrected chi connectivity index (χ2v) is 7.70. The molecule has 0 fully saturated rings. The number of nitriles is 1. The maximum atomic E-state index is 12.3. The van der Waals surface area contributed by atoms with Crippen LogP contribution in [0.25, 0.3) is 0 Å². The van der Waals surface area contributed by atoms with Crippen molar-refractivity contribution in [1.29, 1.82) is 5.26 Å². The molecule has 0 radical (unpaired) electrons. The van der Waals surface area contributed by atoms with Crippen molar-refractivity contribution < 1.29 is 35.3 Å². The third kappa shape index (κ3) is 6.79. The summed E-state index contributed by atoms with van der Waals surface area (Å²) in [6.07, 6.45) is -0.762. The molecule has 0 bridgehead atoms. The highest BCUT2D eigenvalue weighted by Crippen LogP contribution is 2.27. The summed E-state index contributed by atoms with van der Waals surface area (Å²) in [5.74, 6) is -0.528. The Hall–Kier alpha value is -2.48. The maximum absolute atomic E-state index is 12.3. The molecule has 0 spiro atoms. The number of rotatable bonds is 5. The minimum Gasteiger partial charge on any atom is -0.444 e. The van der Waals surface area contributed by atoms with E-state index in [1.807, 2.05) is 6.07 Å². The van der Waals surface area contributed by atoms with Gasteiger partial charge in [-0.3, -0.25) is 0 Å². The summed E-state index contributed by atoms with van der Waals surface area (Å²) in [5, 5.41) is 11.4. The first-order valence-electron chi connectivity index (χ1n) is 7.22. The minimum atomic E-state index is -5.75. The molecule has 0 aliphatic heterocycles. The molecule has 0 saturated carbocycles. The standard InChI is InChI=1S/C15H17F3N2O5S/c1-14(2,3)24-13(21)20-11(9-19)8-10-4-6-12(7-5-10)25-26(22,23)15(16,17)18/h4-7,11H,8H2,1-3H3,(H,20,21)/t11-/m0/s1. The van der Waals surface area contributed by atoms with Crippen LogP contribution in [0, 0.1) is 11.3 Å². The van der Waals surface area contributed by atoms with Gasteiger partial charge in [-0.15, -0.1) is 0 Å². The fourth-order valence-electron chi connectivity index (χ4n) is 1.67. The van der Waals surface area contributed by atoms with Gasteiger partial charge in [-0.05, 0) is 38.5 Å². The first-order valence-corrected chi connectivity index (χ1v) is 8.63. The van der Waals surface area contributed by atoms with E-state index >= 15 is 0 Å². The Morgan fingerprint density at radius 2 is 1.77 bits per heavy atom. The van der Waals surface area contributed by atoms with E-state index in [1.165, 1.54) is 12.1 Å². The van der Waals surface area contributed by atoms with Crippen LogP contribution in [0.2, 0.25) is 0 Å². The van der Waals surface area contributed by atoms with Gasteiger partial charge in [0.05, 0.1) is 6.07 Å². The molecule has 0 unspecified atom stereocenters. The average Bonchev–Trinajstić information content (AvgIpc) is 2.45. The maximum Gasteiger partial charge on any atom is 0.534 e. The van der Waals surface area contributed by atoms with Crippen molar-refractivity contribution in [2.75, 3.05) is 0 Å². The molecule has 1 N–H and O–H groups in total. The van der Waals surface area contributed by atoms with Gasteiger partial charge < -0.3 is 14.2 Å². The molecule has 1 atom stereocenters. The van der Waals surface area contributed by atoms with Crippen LogP contribution in [-0.2, 0) is 21.3 Å². The van der Waals surface area contributed by atoms with Gasteiger partial charge in [-0.1, -0.05) is 12.1 Å². The van der Waals surface area contributed by atoms with Crippen LogP contribution in [0.4, 0.5) is 18.0 Å². The average molecular weight is 394 g/mol. The van der Waals surface area contributed by atoms with Crippen molar-refractivity contribution >= 4 is 16.2 Å². The number of amides is 1. The summed E-state index contributed by atoms with van der Waals surface area (Å²) in [6.45, 7) is 4.96. The fraction of sp³-hybridized carbons (Fsp3) is 0.467. The lowest BCUT2D eigenvalue weighted by atomic mass is 10.1. The van der Waals surface area contributed by atoms with Crippen LogP contribution in [0.5, 0.6) is 5.75 Å². The molecular weight excluding hydrogens is 377 g/mol. The number of hydrogen-bond acceptors (Lipinski definition) is 6. The van der Waals surface area contributed by atoms with E-state index in [-0.39, 0.29) is 6.42 Å². The number of hydrogen-bond donors (Lipinski definition) is 1. The third-order valence-corrected chi connectivity index (χ3v) is 3.68. The zero-order valence-corrected chi connectivity index (χ0v) is 14.9. The molecule has 26 heavy (non-hydrogen) atoms. The Morgan fingerprint density at radius 3 is 2.19 bits per heavy atom. The lowest BCUT2D eigenvalue weighted by Gasteiger charge is -2.21. The fourth-order valence-corrected chi connectivity index (χ4v) is 2.13. The molecule has 144 valence electrons. The summed E-state index contributed by atoms with van der Waals surface area (Å²) < 4.78 is 67.6. The van der Waals surface area contributed by atoms with Crippen LogP contribution in [-0.4, -0.2) is 31.7 Å². The highest BCUT2D eigenvalue weighted by Gasteiger charge is 2.48. The summed E-state index contributed by atoms with van der Waals surface area (Å²) in [6, 6.07) is 5.49. The van der Waals surface area contributed by atoms with Crippen molar-refractivity contribution in [3.8, 4) is 11.8 Å². The van der Waals surface area contributed by atoms with Crippen molar-refractivity contribution in [2.24, 2.45) is 0 Å². The molecule has 1 amide bonds. The Labute approximate surface area is 148 Å². The minimum absolute atomic E-state index is 0.0298. The van der Waals surface area contributed by atoms with E-state index in [1.54, 1.807) is 20.8 Å². The number of benzene rings is 1. The van der Waals surface area contributed by atoms with Gasteiger partial charge in [0.25, 0.3) is 0 Å². The van der Waals surface area contributed by atoms with Gasteiger partial charge in [0.15, 0.2) is 0 Å². The number of nitrogens with one attached hydrogen (secondary N) is 1. The lowest BCUT2D eigenvalue weighted by Crippen LogP contribution is -2.39. The Kier molecular flexibility index (Phi) is 6.49. The SMILES string of the molecule is CC(C)(C)OC(=O)N[C@H](C#N)Cc1ccc(OS(=O)(=O)C(F)(F)F)cc1. The van der Waals surface area contributed by atoms with Gasteiger partial charge in [0, 0.05) is 6.42 Å². The summed E-state index contributed by atoms with van der Waals surface area (Å²) in [4.78, 5) is 11.6. The van der Waals surface area contributed by atoms with Crippen molar-refractivity contribution in [3.63, 3.8) is 0 Å². The Bertz CT molecular complexity index is 777. The monoisotopic (exact) mass is 394 g/mol. The van der Waals surface area contributed by atoms with Crippen LogP contribution >= 0.6 is 0 Å². The van der Waals surface area contributed by atoms with E-state index in [4.69, 9.17) is 10.00 Å². The molecule has 0 saturated heterocycles. The van der Waals surface area contributed by atoms with Gasteiger partial charge in [0.1, 0.15) is 17.4 Å². The first-order chi connectivity index (χ1) is 11.7. The lowest BCUT2D eigenvalue weighted by molar-refractivity contribution is -0.0500. The molecule has 0 aliphatic rings. The number of ether oxygens (including phenoxy) is 1. The topological polar surface area (TPSA) is 105 Å². The molecule has 1 aromatic carbocycles. The molecular formula is C15H17F3N2O5S. The van der Waals surface area contributed by atoms with E-state index in [0.29, 0.717) is 5.56 Å². The normalized spacial score (nSPS) is 13.4. The molecule has 0 aromatic heterocycles.